The minimum Gasteiger partial charge on any atom is -0.322 e. The van der Waals surface area contributed by atoms with Gasteiger partial charge in [0.2, 0.25) is 5.82 Å². The van der Waals surface area contributed by atoms with Crippen molar-refractivity contribution < 1.29 is 18.9 Å². The van der Waals surface area contributed by atoms with Gasteiger partial charge < -0.3 is 5.32 Å². The summed E-state index contributed by atoms with van der Waals surface area (Å²) in [6.07, 6.45) is 5.55. The number of carbonyl (C=O) groups is 3. The number of carbonyl (C=O) groups excluding carboxylic acids is 3. The van der Waals surface area contributed by atoms with Crippen molar-refractivity contribution in [3.8, 4) is 11.6 Å². The Morgan fingerprint density at radius 2 is 1.97 bits per heavy atom. The van der Waals surface area contributed by atoms with Crippen molar-refractivity contribution in [3.05, 3.63) is 29.0 Å². The van der Waals surface area contributed by atoms with Crippen molar-refractivity contribution in [2.75, 3.05) is 0 Å². The summed E-state index contributed by atoms with van der Waals surface area (Å²) in [6.45, 7) is 1.56. The van der Waals surface area contributed by atoms with Crippen LogP contribution in [0.1, 0.15) is 32.6 Å². The van der Waals surface area contributed by atoms with E-state index in [1.807, 2.05) is 0 Å². The van der Waals surface area contributed by atoms with Crippen LogP contribution in [-0.4, -0.2) is 48.1 Å². The molecule has 0 radical (unpaired) electrons. The minimum absolute atomic E-state index is 0.0410. The molecule has 2 aromatic heterocycles. The molecule has 0 aromatic carbocycles. The Morgan fingerprint density at radius 1 is 1.28 bits per heavy atom. The summed E-state index contributed by atoms with van der Waals surface area (Å²) in [5, 5.41) is 6.97. The van der Waals surface area contributed by atoms with E-state index >= 15 is 0 Å². The number of hydrazine groups is 1. The van der Waals surface area contributed by atoms with Crippen LogP contribution in [0.25, 0.3) is 11.6 Å². The van der Waals surface area contributed by atoms with Crippen molar-refractivity contribution >= 4 is 17.8 Å². The molecule has 0 bridgehead atoms. The molecule has 1 aliphatic heterocycles. The van der Waals surface area contributed by atoms with Gasteiger partial charge in [-0.2, -0.15) is 5.01 Å². The second kappa shape index (κ2) is 7.11. The molecule has 12 nitrogen and oxygen atoms in total. The Morgan fingerprint density at radius 3 is 2.66 bits per heavy atom. The summed E-state index contributed by atoms with van der Waals surface area (Å²) >= 11 is 0. The lowest BCUT2D eigenvalue weighted by Gasteiger charge is -2.33. The Kier molecular flexibility index (Phi) is 4.60. The first-order chi connectivity index (χ1) is 13.9. The molecule has 2 N–H and O–H groups in total. The summed E-state index contributed by atoms with van der Waals surface area (Å²) in [4.78, 5) is 57.4. The number of urea groups is 1. The number of hydrogen-bond donors (Lipinski definition) is 2. The number of amides is 4. The molecule has 1 spiro atoms. The second-order valence-corrected chi connectivity index (χ2v) is 7.30. The second-order valence-electron chi connectivity index (χ2n) is 7.30. The normalized spacial score (nSPS) is 24.0. The summed E-state index contributed by atoms with van der Waals surface area (Å²) in [7, 11) is 0. The van der Waals surface area contributed by atoms with Gasteiger partial charge in [-0.1, -0.05) is 12.1 Å². The van der Waals surface area contributed by atoms with E-state index in [4.69, 9.17) is 0 Å². The molecule has 0 unspecified atom stereocenters. The lowest BCUT2D eigenvalue weighted by atomic mass is 9.77. The number of aromatic nitrogens is 4. The molecule has 152 valence electrons. The van der Waals surface area contributed by atoms with E-state index in [1.165, 1.54) is 12.4 Å². The minimum atomic E-state index is -0.978. The highest BCUT2D eigenvalue weighted by atomic mass is 16.5. The Labute approximate surface area is 164 Å². The SMILES string of the molecule is CC1CCC2(CC1)NC(=O)N(NC(=O)Cn1c(-c3ncccn3)noc1=O)C2=O. The molecule has 1 aliphatic carbocycles. The largest absolute Gasteiger partial charge is 0.442 e. The highest BCUT2D eigenvalue weighted by molar-refractivity contribution is 6.08. The van der Waals surface area contributed by atoms with Gasteiger partial charge in [-0.25, -0.2) is 24.1 Å². The average molecular weight is 401 g/mol. The van der Waals surface area contributed by atoms with Gasteiger partial charge in [-0.15, -0.1) is 0 Å². The van der Waals surface area contributed by atoms with Gasteiger partial charge in [0.15, 0.2) is 5.82 Å². The van der Waals surface area contributed by atoms with Crippen LogP contribution in [0.5, 0.6) is 0 Å². The molecule has 4 amide bonds. The van der Waals surface area contributed by atoms with Crippen LogP contribution < -0.4 is 16.5 Å². The standard InChI is InChI=1S/C17H19N7O5/c1-10-3-5-17(6-4-10)14(26)24(15(27)20-17)21-11(25)9-23-13(22-29-16(23)28)12-18-7-2-8-19-12/h2,7-8,10H,3-6,9H2,1H3,(H,20,27)(H,21,25). The van der Waals surface area contributed by atoms with Crippen molar-refractivity contribution in [2.24, 2.45) is 5.92 Å². The van der Waals surface area contributed by atoms with Gasteiger partial charge in [0.25, 0.3) is 11.8 Å². The van der Waals surface area contributed by atoms with Crippen molar-refractivity contribution in [3.63, 3.8) is 0 Å². The first-order valence-electron chi connectivity index (χ1n) is 9.20. The summed E-state index contributed by atoms with van der Waals surface area (Å²) in [5.74, 6) is -1.62. The van der Waals surface area contributed by atoms with E-state index in [0.717, 1.165) is 17.4 Å². The van der Waals surface area contributed by atoms with E-state index in [0.29, 0.717) is 23.8 Å². The molecule has 4 rings (SSSR count). The predicted octanol–water partition coefficient (Wildman–Crippen LogP) is -0.175. The molecule has 2 aromatic rings. The molecule has 12 heteroatoms. The number of imide groups is 1. The maximum absolute atomic E-state index is 12.8. The first kappa shape index (κ1) is 18.8. The van der Waals surface area contributed by atoms with Crippen LogP contribution in [0.3, 0.4) is 0 Å². The monoisotopic (exact) mass is 401 g/mol. The van der Waals surface area contributed by atoms with Crippen molar-refractivity contribution in [1.29, 1.82) is 0 Å². The van der Waals surface area contributed by atoms with Crippen LogP contribution in [0.4, 0.5) is 4.79 Å². The lowest BCUT2D eigenvalue weighted by molar-refractivity contribution is -0.140. The van der Waals surface area contributed by atoms with Crippen LogP contribution >= 0.6 is 0 Å². The Balaban J connectivity index is 1.49. The smallest absolute Gasteiger partial charge is 0.322 e. The third-order valence-electron chi connectivity index (χ3n) is 5.28. The van der Waals surface area contributed by atoms with E-state index < -0.39 is 35.7 Å². The fourth-order valence-corrected chi connectivity index (χ4v) is 3.60. The summed E-state index contributed by atoms with van der Waals surface area (Å²) in [6, 6.07) is 0.889. The third kappa shape index (κ3) is 3.37. The molecular formula is C17H19N7O5. The van der Waals surface area contributed by atoms with E-state index in [1.54, 1.807) is 6.07 Å². The van der Waals surface area contributed by atoms with Gasteiger partial charge in [-0.05, 0) is 37.7 Å². The zero-order valence-electron chi connectivity index (χ0n) is 15.6. The average Bonchev–Trinajstić information content (AvgIpc) is 3.18. The van der Waals surface area contributed by atoms with Crippen LogP contribution in [0, 0.1) is 5.92 Å². The lowest BCUT2D eigenvalue weighted by Crippen LogP contribution is -2.52. The predicted molar refractivity (Wildman–Crippen MR) is 95.7 cm³/mol. The van der Waals surface area contributed by atoms with E-state index in [-0.39, 0.29) is 11.6 Å². The van der Waals surface area contributed by atoms with Crippen LogP contribution in [-0.2, 0) is 16.1 Å². The van der Waals surface area contributed by atoms with Gasteiger partial charge >= 0.3 is 11.8 Å². The van der Waals surface area contributed by atoms with Crippen molar-refractivity contribution in [1.82, 2.24) is 35.4 Å². The highest BCUT2D eigenvalue weighted by Crippen LogP contribution is 2.35. The number of rotatable bonds is 4. The molecule has 1 saturated heterocycles. The first-order valence-corrected chi connectivity index (χ1v) is 9.20. The summed E-state index contributed by atoms with van der Waals surface area (Å²) < 4.78 is 5.52. The van der Waals surface area contributed by atoms with Crippen LogP contribution in [0.15, 0.2) is 27.8 Å². The fourth-order valence-electron chi connectivity index (χ4n) is 3.60. The quantitative estimate of drug-likeness (QED) is 0.670. The highest BCUT2D eigenvalue weighted by Gasteiger charge is 2.52. The number of nitrogens with zero attached hydrogens (tertiary/aromatic N) is 5. The maximum atomic E-state index is 12.8. The van der Waals surface area contributed by atoms with Gasteiger partial charge in [0, 0.05) is 12.4 Å². The number of nitrogens with one attached hydrogen (secondary N) is 2. The topological polar surface area (TPSA) is 152 Å². The molecule has 3 heterocycles. The Bertz CT molecular complexity index is 1010. The van der Waals surface area contributed by atoms with E-state index in [9.17, 15) is 19.2 Å². The zero-order valence-corrected chi connectivity index (χ0v) is 15.6. The van der Waals surface area contributed by atoms with Crippen LogP contribution in [0.2, 0.25) is 0 Å². The molecule has 2 aliphatic rings. The molecule has 2 fully saturated rings. The molecule has 1 saturated carbocycles. The van der Waals surface area contributed by atoms with Gasteiger partial charge in [0.1, 0.15) is 12.1 Å². The third-order valence-corrected chi connectivity index (χ3v) is 5.28. The number of hydrogen-bond acceptors (Lipinski definition) is 8. The summed E-state index contributed by atoms with van der Waals surface area (Å²) in [5.41, 5.74) is 1.29. The van der Waals surface area contributed by atoms with Crippen molar-refractivity contribution in [2.45, 2.75) is 44.7 Å². The van der Waals surface area contributed by atoms with E-state index in [2.05, 4.69) is 37.3 Å². The molecule has 29 heavy (non-hydrogen) atoms. The van der Waals surface area contributed by atoms with Gasteiger partial charge in [0.05, 0.1) is 0 Å². The fraction of sp³-hybridized carbons (Fsp3) is 0.471. The van der Waals surface area contributed by atoms with Gasteiger partial charge in [-0.3, -0.25) is 19.5 Å². The Hall–Kier alpha value is -3.57. The molecule has 0 atom stereocenters. The molecular weight excluding hydrogens is 382 g/mol. The maximum Gasteiger partial charge on any atom is 0.442 e. The zero-order chi connectivity index (χ0) is 20.6.